The van der Waals surface area contributed by atoms with Gasteiger partial charge in [-0.15, -0.1) is 0 Å². The Bertz CT molecular complexity index is 371. The topological polar surface area (TPSA) is 74.6 Å². The second kappa shape index (κ2) is 13.3. The molecule has 148 valence electrons. The zero-order chi connectivity index (χ0) is 19.3. The summed E-state index contributed by atoms with van der Waals surface area (Å²) >= 11 is 0. The summed E-state index contributed by atoms with van der Waals surface area (Å²) in [5, 5.41) is 18.7. The van der Waals surface area contributed by atoms with E-state index < -0.39 is 5.97 Å². The van der Waals surface area contributed by atoms with Gasteiger partial charge in [-0.3, -0.25) is 9.59 Å². The highest BCUT2D eigenvalue weighted by atomic mass is 16.4. The van der Waals surface area contributed by atoms with Crippen molar-refractivity contribution < 1.29 is 19.8 Å². The first-order valence-electron chi connectivity index (χ1n) is 10.0. The van der Waals surface area contributed by atoms with Gasteiger partial charge in [-0.1, -0.05) is 52.9 Å². The summed E-state index contributed by atoms with van der Waals surface area (Å²) in [5.41, 5.74) is 0.323. The van der Waals surface area contributed by atoms with Gasteiger partial charge in [0.1, 0.15) is 5.78 Å². The van der Waals surface area contributed by atoms with E-state index in [0.717, 1.165) is 70.6 Å². The minimum Gasteiger partial charge on any atom is -0.481 e. The summed E-state index contributed by atoms with van der Waals surface area (Å²) in [6.45, 7) is 8.32. The molecule has 4 nitrogen and oxygen atoms in total. The molecule has 4 heteroatoms. The Morgan fingerprint density at radius 2 is 1.40 bits per heavy atom. The van der Waals surface area contributed by atoms with Crippen molar-refractivity contribution in [3.8, 4) is 0 Å². The molecule has 0 aliphatic rings. The van der Waals surface area contributed by atoms with Crippen molar-refractivity contribution >= 4 is 11.8 Å². The maximum Gasteiger partial charge on any atom is 0.303 e. The van der Waals surface area contributed by atoms with E-state index in [1.165, 1.54) is 0 Å². The second-order valence-corrected chi connectivity index (χ2v) is 8.69. The van der Waals surface area contributed by atoms with E-state index in [1.807, 2.05) is 0 Å². The minimum atomic E-state index is -0.734. The standard InChI is InChI=1S/C21H40O4/c1-17(22)18(11-7-5-6-8-15-20(24)25)12-9-13-19(23)14-10-16-21(2,3)4/h18-19,23H,5-16H2,1-4H3,(H,24,25). The number of Topliss-reactive ketones (excluding diaryl/α,β-unsaturated/α-hetero) is 1. The molecule has 0 aromatic carbocycles. The Morgan fingerprint density at radius 3 is 1.96 bits per heavy atom. The number of carboxylic acids is 1. The van der Waals surface area contributed by atoms with Gasteiger partial charge < -0.3 is 10.2 Å². The molecule has 0 spiro atoms. The van der Waals surface area contributed by atoms with E-state index in [4.69, 9.17) is 5.11 Å². The van der Waals surface area contributed by atoms with Crippen molar-refractivity contribution in [3.05, 3.63) is 0 Å². The van der Waals surface area contributed by atoms with Gasteiger partial charge in [0.15, 0.2) is 0 Å². The molecule has 0 bridgehead atoms. The number of aliphatic hydroxyl groups is 1. The van der Waals surface area contributed by atoms with Crippen molar-refractivity contribution in [1.29, 1.82) is 0 Å². The third-order valence-electron chi connectivity index (χ3n) is 4.82. The number of carbonyl (C=O) groups excluding carboxylic acids is 1. The summed E-state index contributed by atoms with van der Waals surface area (Å²) in [6, 6.07) is 0. The molecule has 0 aliphatic heterocycles. The summed E-state index contributed by atoms with van der Waals surface area (Å²) < 4.78 is 0. The van der Waals surface area contributed by atoms with Crippen LogP contribution in [0.4, 0.5) is 0 Å². The maximum atomic E-state index is 11.8. The minimum absolute atomic E-state index is 0.0984. The molecule has 2 N–H and O–H groups in total. The summed E-state index contributed by atoms with van der Waals surface area (Å²) in [6.07, 6.45) is 10.1. The van der Waals surface area contributed by atoms with Crippen LogP contribution < -0.4 is 0 Å². The van der Waals surface area contributed by atoms with E-state index in [0.29, 0.717) is 5.41 Å². The number of hydrogen-bond acceptors (Lipinski definition) is 3. The van der Waals surface area contributed by atoms with Gasteiger partial charge in [0, 0.05) is 12.3 Å². The first-order chi connectivity index (χ1) is 11.6. The van der Waals surface area contributed by atoms with Gasteiger partial charge in [0.2, 0.25) is 0 Å². The molecule has 0 fully saturated rings. The van der Waals surface area contributed by atoms with Crippen molar-refractivity contribution in [2.75, 3.05) is 0 Å². The van der Waals surface area contributed by atoms with Crippen LogP contribution in [0, 0.1) is 11.3 Å². The van der Waals surface area contributed by atoms with Crippen molar-refractivity contribution in [2.45, 2.75) is 111 Å². The monoisotopic (exact) mass is 356 g/mol. The molecule has 0 aliphatic carbocycles. The molecular weight excluding hydrogens is 316 g/mol. The first-order valence-corrected chi connectivity index (χ1v) is 10.0. The fourth-order valence-electron chi connectivity index (χ4n) is 3.18. The average Bonchev–Trinajstić information content (AvgIpc) is 2.46. The zero-order valence-corrected chi connectivity index (χ0v) is 16.9. The smallest absolute Gasteiger partial charge is 0.303 e. The molecule has 0 heterocycles. The number of carboxylic acid groups (broad SMARTS) is 1. The molecule has 0 aromatic rings. The Hall–Kier alpha value is -0.900. The number of aliphatic hydroxyl groups excluding tert-OH is 1. The van der Waals surface area contributed by atoms with Gasteiger partial charge in [-0.05, 0) is 50.9 Å². The van der Waals surface area contributed by atoms with Gasteiger partial charge in [-0.2, -0.15) is 0 Å². The second-order valence-electron chi connectivity index (χ2n) is 8.69. The Kier molecular flexibility index (Phi) is 12.8. The van der Waals surface area contributed by atoms with E-state index in [-0.39, 0.29) is 24.2 Å². The van der Waals surface area contributed by atoms with Crippen LogP contribution in [-0.2, 0) is 9.59 Å². The highest BCUT2D eigenvalue weighted by molar-refractivity contribution is 5.78. The van der Waals surface area contributed by atoms with Crippen LogP contribution >= 0.6 is 0 Å². The quantitative estimate of drug-likeness (QED) is 0.387. The molecule has 25 heavy (non-hydrogen) atoms. The third-order valence-corrected chi connectivity index (χ3v) is 4.82. The molecular formula is C21H40O4. The highest BCUT2D eigenvalue weighted by Crippen LogP contribution is 2.24. The molecule has 2 atom stereocenters. The van der Waals surface area contributed by atoms with Gasteiger partial charge in [0.25, 0.3) is 0 Å². The predicted molar refractivity (Wildman–Crippen MR) is 103 cm³/mol. The average molecular weight is 357 g/mol. The number of hydrogen-bond donors (Lipinski definition) is 2. The lowest BCUT2D eigenvalue weighted by Gasteiger charge is -2.19. The van der Waals surface area contributed by atoms with Gasteiger partial charge in [0.05, 0.1) is 6.10 Å². The van der Waals surface area contributed by atoms with E-state index in [2.05, 4.69) is 20.8 Å². The molecule has 0 saturated heterocycles. The number of rotatable bonds is 15. The molecule has 0 saturated carbocycles. The molecule has 0 amide bonds. The van der Waals surface area contributed by atoms with E-state index in [1.54, 1.807) is 6.92 Å². The summed E-state index contributed by atoms with van der Waals surface area (Å²) in [7, 11) is 0. The fourth-order valence-corrected chi connectivity index (χ4v) is 3.18. The van der Waals surface area contributed by atoms with Crippen molar-refractivity contribution in [2.24, 2.45) is 11.3 Å². The van der Waals surface area contributed by atoms with E-state index in [9.17, 15) is 14.7 Å². The van der Waals surface area contributed by atoms with E-state index >= 15 is 0 Å². The van der Waals surface area contributed by atoms with Crippen LogP contribution in [-0.4, -0.2) is 28.1 Å². The Labute approximate surface area is 154 Å². The number of aliphatic carboxylic acids is 1. The number of unbranched alkanes of at least 4 members (excludes halogenated alkanes) is 3. The normalized spacial score (nSPS) is 14.3. The SMILES string of the molecule is CC(=O)C(CCCCCCC(=O)O)CCCC(O)CCCC(C)(C)C. The van der Waals surface area contributed by atoms with Crippen LogP contribution in [0.1, 0.15) is 105 Å². The first kappa shape index (κ1) is 24.1. The highest BCUT2D eigenvalue weighted by Gasteiger charge is 2.15. The fraction of sp³-hybridized carbons (Fsp3) is 0.905. The molecule has 0 rings (SSSR count). The lowest BCUT2D eigenvalue weighted by molar-refractivity contribution is -0.137. The van der Waals surface area contributed by atoms with Gasteiger partial charge >= 0.3 is 5.97 Å². The molecule has 0 aromatic heterocycles. The van der Waals surface area contributed by atoms with Crippen LogP contribution in [0.15, 0.2) is 0 Å². The van der Waals surface area contributed by atoms with Gasteiger partial charge in [-0.25, -0.2) is 0 Å². The third kappa shape index (κ3) is 16.3. The summed E-state index contributed by atoms with van der Waals surface area (Å²) in [4.78, 5) is 22.2. The number of carbonyl (C=O) groups is 2. The Balaban J connectivity index is 3.81. The summed E-state index contributed by atoms with van der Waals surface area (Å²) in [5.74, 6) is -0.392. The lowest BCUT2D eigenvalue weighted by Crippen LogP contribution is -2.14. The lowest BCUT2D eigenvalue weighted by atomic mass is 9.88. The zero-order valence-electron chi connectivity index (χ0n) is 16.9. The van der Waals surface area contributed by atoms with Crippen molar-refractivity contribution in [1.82, 2.24) is 0 Å². The van der Waals surface area contributed by atoms with Crippen molar-refractivity contribution in [3.63, 3.8) is 0 Å². The maximum absolute atomic E-state index is 11.8. The van der Waals surface area contributed by atoms with Crippen LogP contribution in [0.3, 0.4) is 0 Å². The van der Waals surface area contributed by atoms with Crippen LogP contribution in [0.25, 0.3) is 0 Å². The molecule has 0 radical (unpaired) electrons. The predicted octanol–water partition coefficient (Wildman–Crippen LogP) is 5.36. The molecule has 2 unspecified atom stereocenters. The van der Waals surface area contributed by atoms with Crippen LogP contribution in [0.2, 0.25) is 0 Å². The largest absolute Gasteiger partial charge is 0.481 e. The number of ketones is 1. The van der Waals surface area contributed by atoms with Crippen LogP contribution in [0.5, 0.6) is 0 Å². The Morgan fingerprint density at radius 1 is 0.840 bits per heavy atom.